The van der Waals surface area contributed by atoms with Gasteiger partial charge in [-0.3, -0.25) is 0 Å². The van der Waals surface area contributed by atoms with E-state index in [0.717, 1.165) is 28.1 Å². The van der Waals surface area contributed by atoms with E-state index in [9.17, 15) is 0 Å². The zero-order valence-electron chi connectivity index (χ0n) is 15.2. The number of para-hydroxylation sites is 1. The van der Waals surface area contributed by atoms with Gasteiger partial charge in [0.05, 0.1) is 11.9 Å². The summed E-state index contributed by atoms with van der Waals surface area (Å²) in [6.07, 6.45) is 3.11. The van der Waals surface area contributed by atoms with E-state index in [1.54, 1.807) is 6.20 Å². The van der Waals surface area contributed by atoms with Crippen molar-refractivity contribution < 1.29 is 4.74 Å². The number of anilines is 1. The molecule has 28 heavy (non-hydrogen) atoms. The Balaban J connectivity index is 1.67. The van der Waals surface area contributed by atoms with Gasteiger partial charge in [0.2, 0.25) is 0 Å². The lowest BCUT2D eigenvalue weighted by atomic mass is 10.1. The van der Waals surface area contributed by atoms with Crippen molar-refractivity contribution in [3.8, 4) is 22.8 Å². The predicted octanol–water partition coefficient (Wildman–Crippen LogP) is 3.60. The van der Waals surface area contributed by atoms with Crippen LogP contribution in [-0.4, -0.2) is 26.3 Å². The van der Waals surface area contributed by atoms with Gasteiger partial charge in [-0.2, -0.15) is 5.10 Å². The number of ether oxygens (including phenoxy) is 1. The van der Waals surface area contributed by atoms with Crippen LogP contribution in [-0.2, 0) is 6.54 Å². The Bertz CT molecular complexity index is 1090. The number of rotatable bonds is 7. The molecule has 0 saturated carbocycles. The molecule has 0 unspecified atom stereocenters. The lowest BCUT2D eigenvalue weighted by Crippen LogP contribution is -2.15. The van der Waals surface area contributed by atoms with Crippen LogP contribution in [0.25, 0.3) is 22.3 Å². The number of nitrogens with two attached hydrogens (primary N) is 1. The smallest absolute Gasteiger partial charge is 0.164 e. The van der Waals surface area contributed by atoms with Crippen LogP contribution < -0.4 is 15.8 Å². The second kappa shape index (κ2) is 7.79. The highest BCUT2D eigenvalue weighted by Gasteiger charge is 2.16. The van der Waals surface area contributed by atoms with E-state index >= 15 is 0 Å². The molecule has 7 nitrogen and oxygen atoms in total. The van der Waals surface area contributed by atoms with Crippen molar-refractivity contribution in [1.29, 1.82) is 0 Å². The summed E-state index contributed by atoms with van der Waals surface area (Å²) in [7, 11) is 0. The summed E-state index contributed by atoms with van der Waals surface area (Å²) in [5.41, 5.74) is 8.51. The van der Waals surface area contributed by atoms with E-state index in [1.165, 1.54) is 6.33 Å². The Morgan fingerprint density at radius 2 is 1.79 bits per heavy atom. The highest BCUT2D eigenvalue weighted by atomic mass is 16.5. The minimum Gasteiger partial charge on any atom is -0.457 e. The molecule has 2 aromatic heterocycles. The van der Waals surface area contributed by atoms with Crippen LogP contribution in [0.3, 0.4) is 0 Å². The summed E-state index contributed by atoms with van der Waals surface area (Å²) in [5.74, 6) is 1.95. The molecule has 0 aliphatic heterocycles. The molecule has 0 spiro atoms. The zero-order chi connectivity index (χ0) is 19.3. The number of nitrogen functional groups attached to an aromatic ring is 1. The number of hydrogen-bond acceptors (Lipinski definition) is 6. The lowest BCUT2D eigenvalue weighted by molar-refractivity contribution is 0.483. The Morgan fingerprint density at radius 1 is 1.04 bits per heavy atom. The van der Waals surface area contributed by atoms with Crippen molar-refractivity contribution in [2.24, 2.45) is 0 Å². The van der Waals surface area contributed by atoms with Crippen molar-refractivity contribution in [3.63, 3.8) is 0 Å². The van der Waals surface area contributed by atoms with Crippen molar-refractivity contribution in [3.05, 3.63) is 73.7 Å². The van der Waals surface area contributed by atoms with Crippen LogP contribution in [0, 0.1) is 0 Å². The lowest BCUT2D eigenvalue weighted by Gasteiger charge is -2.06. The Kier molecular flexibility index (Phi) is 4.88. The maximum atomic E-state index is 6.13. The maximum absolute atomic E-state index is 6.13. The van der Waals surface area contributed by atoms with Crippen LogP contribution in [0.1, 0.15) is 0 Å². The van der Waals surface area contributed by atoms with Gasteiger partial charge in [-0.25, -0.2) is 14.6 Å². The van der Waals surface area contributed by atoms with Gasteiger partial charge in [0, 0.05) is 12.1 Å². The molecule has 7 heteroatoms. The summed E-state index contributed by atoms with van der Waals surface area (Å²) >= 11 is 0. The minimum atomic E-state index is 0.410. The van der Waals surface area contributed by atoms with E-state index in [0.29, 0.717) is 24.6 Å². The van der Waals surface area contributed by atoms with Gasteiger partial charge in [0.25, 0.3) is 0 Å². The van der Waals surface area contributed by atoms with E-state index in [1.807, 2.05) is 59.3 Å². The molecule has 0 amide bonds. The number of fused-ring (bicyclic) bond motifs is 1. The fourth-order valence-electron chi connectivity index (χ4n) is 2.97. The first-order valence-electron chi connectivity index (χ1n) is 8.91. The maximum Gasteiger partial charge on any atom is 0.164 e. The van der Waals surface area contributed by atoms with Crippen LogP contribution in [0.15, 0.2) is 73.7 Å². The third-order valence-electron chi connectivity index (χ3n) is 4.28. The van der Waals surface area contributed by atoms with Gasteiger partial charge in [-0.15, -0.1) is 0 Å². The average molecular weight is 372 g/mol. The molecule has 4 aromatic rings. The van der Waals surface area contributed by atoms with Crippen molar-refractivity contribution >= 4 is 16.9 Å². The Labute approximate surface area is 162 Å². The molecule has 4 rings (SSSR count). The first kappa shape index (κ1) is 17.5. The molecule has 2 heterocycles. The SMILES string of the molecule is C=CNCCn1nc(-c2ccc(Oc3ccccc3)cc2)c2c(N)ncnc21. The molecule has 140 valence electrons. The van der Waals surface area contributed by atoms with E-state index in [-0.39, 0.29) is 0 Å². The second-order valence-electron chi connectivity index (χ2n) is 6.13. The molecule has 3 N–H and O–H groups in total. The van der Waals surface area contributed by atoms with E-state index in [4.69, 9.17) is 15.6 Å². The standard InChI is InChI=1S/C21H20N6O/c1-2-23-12-13-27-21-18(20(22)24-14-25-21)19(26-27)15-8-10-17(11-9-15)28-16-6-4-3-5-7-16/h2-11,14,23H,1,12-13H2,(H2,22,24,25). The zero-order valence-corrected chi connectivity index (χ0v) is 15.2. The minimum absolute atomic E-state index is 0.410. The quantitative estimate of drug-likeness (QED) is 0.482. The molecule has 0 bridgehead atoms. The highest BCUT2D eigenvalue weighted by Crippen LogP contribution is 2.31. The number of nitrogens with one attached hydrogen (secondary N) is 1. The topological polar surface area (TPSA) is 90.9 Å². The van der Waals surface area contributed by atoms with Crippen LogP contribution in [0.2, 0.25) is 0 Å². The van der Waals surface area contributed by atoms with Crippen LogP contribution in [0.4, 0.5) is 5.82 Å². The second-order valence-corrected chi connectivity index (χ2v) is 6.13. The number of aromatic nitrogens is 4. The summed E-state index contributed by atoms with van der Waals surface area (Å²) in [6, 6.07) is 17.4. The van der Waals surface area contributed by atoms with Crippen molar-refractivity contribution in [1.82, 2.24) is 25.1 Å². The van der Waals surface area contributed by atoms with Gasteiger partial charge in [-0.1, -0.05) is 24.8 Å². The molecule has 0 atom stereocenters. The summed E-state index contributed by atoms with van der Waals surface area (Å²) < 4.78 is 7.69. The average Bonchev–Trinajstić information content (AvgIpc) is 3.10. The van der Waals surface area contributed by atoms with Gasteiger partial charge >= 0.3 is 0 Å². The van der Waals surface area contributed by atoms with Crippen LogP contribution >= 0.6 is 0 Å². The van der Waals surface area contributed by atoms with Crippen molar-refractivity contribution in [2.75, 3.05) is 12.3 Å². The van der Waals surface area contributed by atoms with Crippen LogP contribution in [0.5, 0.6) is 11.5 Å². The van der Waals surface area contributed by atoms with Gasteiger partial charge in [0.15, 0.2) is 5.65 Å². The third-order valence-corrected chi connectivity index (χ3v) is 4.28. The molecule has 0 aliphatic rings. The molecule has 0 aliphatic carbocycles. The first-order valence-corrected chi connectivity index (χ1v) is 8.91. The number of benzene rings is 2. The van der Waals surface area contributed by atoms with Gasteiger partial charge in [0.1, 0.15) is 29.3 Å². The molecule has 0 fully saturated rings. The van der Waals surface area contributed by atoms with E-state index in [2.05, 4.69) is 21.9 Å². The van der Waals surface area contributed by atoms with Gasteiger partial charge in [-0.05, 0) is 42.6 Å². The normalized spacial score (nSPS) is 10.7. The van der Waals surface area contributed by atoms with E-state index < -0.39 is 0 Å². The molecule has 0 saturated heterocycles. The molecule has 0 radical (unpaired) electrons. The van der Waals surface area contributed by atoms with Gasteiger partial charge < -0.3 is 15.8 Å². The highest BCUT2D eigenvalue weighted by molar-refractivity contribution is 5.98. The summed E-state index contributed by atoms with van der Waals surface area (Å²) in [6.45, 7) is 4.98. The number of hydrogen-bond donors (Lipinski definition) is 2. The predicted molar refractivity (Wildman–Crippen MR) is 110 cm³/mol. The Morgan fingerprint density at radius 3 is 2.54 bits per heavy atom. The first-order chi connectivity index (χ1) is 13.8. The molecule has 2 aromatic carbocycles. The molecular formula is C21H20N6O. The van der Waals surface area contributed by atoms with Crippen molar-refractivity contribution in [2.45, 2.75) is 6.54 Å². The summed E-state index contributed by atoms with van der Waals surface area (Å²) in [4.78, 5) is 8.50. The monoisotopic (exact) mass is 372 g/mol. The third kappa shape index (κ3) is 3.50. The largest absolute Gasteiger partial charge is 0.457 e. The fraction of sp³-hybridized carbons (Fsp3) is 0.0952. The summed E-state index contributed by atoms with van der Waals surface area (Å²) in [5, 5.41) is 8.54. The number of nitrogens with zero attached hydrogens (tertiary/aromatic N) is 4. The molecular weight excluding hydrogens is 352 g/mol. The Hall–Kier alpha value is -3.87. The fourth-order valence-corrected chi connectivity index (χ4v) is 2.97.